The van der Waals surface area contributed by atoms with Gasteiger partial charge in [0.15, 0.2) is 11.5 Å². The van der Waals surface area contributed by atoms with Crippen LogP contribution in [0.1, 0.15) is 6.92 Å². The molecular weight excluding hydrogens is 304 g/mol. The maximum Gasteiger partial charge on any atom is 0.270 e. The quantitative estimate of drug-likeness (QED) is 0.786. The molecular formula is C19H16N2O3. The maximum absolute atomic E-state index is 12.6. The van der Waals surface area contributed by atoms with E-state index in [-0.39, 0.29) is 12.0 Å². The summed E-state index contributed by atoms with van der Waals surface area (Å²) in [6.45, 7) is 1.81. The summed E-state index contributed by atoms with van der Waals surface area (Å²) in [6, 6.07) is 18.8. The number of pyridine rings is 1. The van der Waals surface area contributed by atoms with E-state index in [0.717, 1.165) is 10.9 Å². The van der Waals surface area contributed by atoms with E-state index in [1.807, 2.05) is 55.5 Å². The summed E-state index contributed by atoms with van der Waals surface area (Å²) in [5, 5.41) is 3.83. The van der Waals surface area contributed by atoms with Gasteiger partial charge in [-0.25, -0.2) is 4.98 Å². The second-order valence-corrected chi connectivity index (χ2v) is 5.69. The van der Waals surface area contributed by atoms with Crippen molar-refractivity contribution in [3.8, 4) is 11.5 Å². The summed E-state index contributed by atoms with van der Waals surface area (Å²) in [5.41, 5.74) is 0.828. The number of carbonyl (C=O) groups is 1. The molecule has 1 N–H and O–H groups in total. The lowest BCUT2D eigenvalue weighted by atomic mass is 10.1. The smallest absolute Gasteiger partial charge is 0.270 e. The topological polar surface area (TPSA) is 60.5 Å². The van der Waals surface area contributed by atoms with Crippen LogP contribution >= 0.6 is 0 Å². The second-order valence-electron chi connectivity index (χ2n) is 5.69. The molecule has 1 amide bonds. The molecule has 0 saturated carbocycles. The Morgan fingerprint density at radius 1 is 0.958 bits per heavy atom. The Morgan fingerprint density at radius 2 is 1.67 bits per heavy atom. The SMILES string of the molecule is C[C@H]1Oc2ccccc2O[C@@H]1C(=O)Nc1ccc2ccccc2n1. The van der Waals surface area contributed by atoms with Gasteiger partial charge in [-0.05, 0) is 37.3 Å². The number of ether oxygens (including phenoxy) is 2. The van der Waals surface area contributed by atoms with Crippen molar-refractivity contribution in [2.24, 2.45) is 0 Å². The monoisotopic (exact) mass is 320 g/mol. The Morgan fingerprint density at radius 3 is 2.50 bits per heavy atom. The molecule has 0 spiro atoms. The van der Waals surface area contributed by atoms with Crippen molar-refractivity contribution in [1.82, 2.24) is 4.98 Å². The number of nitrogens with one attached hydrogen (secondary N) is 1. The number of hydrogen-bond donors (Lipinski definition) is 1. The third-order valence-corrected chi connectivity index (χ3v) is 3.95. The number of nitrogens with zero attached hydrogens (tertiary/aromatic N) is 1. The number of anilines is 1. The van der Waals surface area contributed by atoms with Crippen molar-refractivity contribution in [2.75, 3.05) is 5.32 Å². The lowest BCUT2D eigenvalue weighted by Gasteiger charge is -2.30. The molecule has 0 bridgehead atoms. The molecule has 3 aromatic rings. The first-order valence-corrected chi connectivity index (χ1v) is 7.80. The number of para-hydroxylation sites is 3. The molecule has 0 unspecified atom stereocenters. The summed E-state index contributed by atoms with van der Waals surface area (Å²) in [4.78, 5) is 17.0. The molecule has 0 radical (unpaired) electrons. The maximum atomic E-state index is 12.6. The van der Waals surface area contributed by atoms with Crippen LogP contribution < -0.4 is 14.8 Å². The van der Waals surface area contributed by atoms with E-state index in [1.165, 1.54) is 0 Å². The van der Waals surface area contributed by atoms with Crippen LogP contribution in [0.5, 0.6) is 11.5 Å². The largest absolute Gasteiger partial charge is 0.482 e. The minimum absolute atomic E-state index is 0.278. The standard InChI is InChI=1S/C19H16N2O3/c1-12-18(24-16-9-5-4-8-15(16)23-12)19(22)21-17-11-10-13-6-2-3-7-14(13)20-17/h2-12,18H,1H3,(H,20,21,22)/t12-,18+/m1/s1. The number of carbonyl (C=O) groups excluding carboxylic acids is 1. The van der Waals surface area contributed by atoms with Crippen molar-refractivity contribution in [3.63, 3.8) is 0 Å². The van der Waals surface area contributed by atoms with Crippen LogP contribution in [0.15, 0.2) is 60.7 Å². The zero-order valence-electron chi connectivity index (χ0n) is 13.1. The van der Waals surface area contributed by atoms with Crippen molar-refractivity contribution in [2.45, 2.75) is 19.1 Å². The molecule has 5 heteroatoms. The van der Waals surface area contributed by atoms with Gasteiger partial charge in [-0.3, -0.25) is 4.79 Å². The minimum Gasteiger partial charge on any atom is -0.482 e. The van der Waals surface area contributed by atoms with Gasteiger partial charge in [-0.15, -0.1) is 0 Å². The average molecular weight is 320 g/mol. The lowest BCUT2D eigenvalue weighted by molar-refractivity contribution is -0.128. The normalized spacial score (nSPS) is 19.0. The molecule has 2 aromatic carbocycles. The Hall–Kier alpha value is -3.08. The first kappa shape index (κ1) is 14.5. The van der Waals surface area contributed by atoms with Gasteiger partial charge in [0.2, 0.25) is 6.10 Å². The highest BCUT2D eigenvalue weighted by molar-refractivity contribution is 5.95. The van der Waals surface area contributed by atoms with Gasteiger partial charge in [-0.2, -0.15) is 0 Å². The van der Waals surface area contributed by atoms with Crippen LogP contribution in [0.2, 0.25) is 0 Å². The van der Waals surface area contributed by atoms with Gasteiger partial charge in [0.05, 0.1) is 5.52 Å². The molecule has 1 aromatic heterocycles. The summed E-state index contributed by atoms with van der Waals surface area (Å²) in [6.07, 6.45) is -1.12. The minimum atomic E-state index is -0.729. The van der Waals surface area contributed by atoms with E-state index < -0.39 is 6.10 Å². The van der Waals surface area contributed by atoms with Crippen LogP contribution in [0.3, 0.4) is 0 Å². The third-order valence-electron chi connectivity index (χ3n) is 3.95. The van der Waals surface area contributed by atoms with E-state index in [1.54, 1.807) is 12.1 Å². The fourth-order valence-electron chi connectivity index (χ4n) is 2.74. The van der Waals surface area contributed by atoms with Gasteiger partial charge in [0.1, 0.15) is 11.9 Å². The molecule has 0 aliphatic carbocycles. The summed E-state index contributed by atoms with van der Waals surface area (Å²) in [7, 11) is 0. The van der Waals surface area contributed by atoms with Crippen LogP contribution in [0.25, 0.3) is 10.9 Å². The Kier molecular flexibility index (Phi) is 3.54. The van der Waals surface area contributed by atoms with Crippen LogP contribution in [-0.2, 0) is 4.79 Å². The van der Waals surface area contributed by atoms with E-state index in [4.69, 9.17) is 9.47 Å². The zero-order chi connectivity index (χ0) is 16.5. The van der Waals surface area contributed by atoms with Gasteiger partial charge in [-0.1, -0.05) is 30.3 Å². The first-order chi connectivity index (χ1) is 11.7. The second kappa shape index (κ2) is 5.85. The van der Waals surface area contributed by atoms with Crippen molar-refractivity contribution < 1.29 is 14.3 Å². The van der Waals surface area contributed by atoms with Crippen molar-refractivity contribution in [3.05, 3.63) is 60.7 Å². The molecule has 2 heterocycles. The number of rotatable bonds is 2. The first-order valence-electron chi connectivity index (χ1n) is 7.80. The van der Waals surface area contributed by atoms with Gasteiger partial charge in [0, 0.05) is 5.39 Å². The molecule has 1 aliphatic rings. The predicted octanol–water partition coefficient (Wildman–Crippen LogP) is 3.40. The Labute approximate surface area is 139 Å². The van der Waals surface area contributed by atoms with E-state index >= 15 is 0 Å². The van der Waals surface area contributed by atoms with Crippen molar-refractivity contribution in [1.29, 1.82) is 0 Å². The lowest BCUT2D eigenvalue weighted by Crippen LogP contribution is -2.46. The molecule has 0 fully saturated rings. The Balaban J connectivity index is 1.55. The Bertz CT molecular complexity index is 910. The van der Waals surface area contributed by atoms with E-state index in [0.29, 0.717) is 17.3 Å². The zero-order valence-corrected chi connectivity index (χ0v) is 13.1. The number of hydrogen-bond acceptors (Lipinski definition) is 4. The van der Waals surface area contributed by atoms with E-state index in [9.17, 15) is 4.79 Å². The van der Waals surface area contributed by atoms with Crippen molar-refractivity contribution >= 4 is 22.6 Å². The fraction of sp³-hybridized carbons (Fsp3) is 0.158. The number of fused-ring (bicyclic) bond motifs is 2. The van der Waals surface area contributed by atoms with Gasteiger partial charge in [0.25, 0.3) is 5.91 Å². The number of benzene rings is 2. The highest BCUT2D eigenvalue weighted by Gasteiger charge is 2.34. The molecule has 120 valence electrons. The third kappa shape index (κ3) is 2.65. The molecule has 1 aliphatic heterocycles. The summed E-state index contributed by atoms with van der Waals surface area (Å²) < 4.78 is 11.6. The highest BCUT2D eigenvalue weighted by Crippen LogP contribution is 2.33. The molecule has 2 atom stereocenters. The number of aromatic nitrogens is 1. The van der Waals surface area contributed by atoms with Crippen LogP contribution in [0.4, 0.5) is 5.82 Å². The van der Waals surface area contributed by atoms with Crippen LogP contribution in [0, 0.1) is 0 Å². The highest BCUT2D eigenvalue weighted by atomic mass is 16.6. The molecule has 5 nitrogen and oxygen atoms in total. The average Bonchev–Trinajstić information content (AvgIpc) is 2.61. The molecule has 4 rings (SSSR count). The summed E-state index contributed by atoms with van der Waals surface area (Å²) >= 11 is 0. The fourth-order valence-corrected chi connectivity index (χ4v) is 2.74. The number of amides is 1. The summed E-state index contributed by atoms with van der Waals surface area (Å²) in [5.74, 6) is 1.44. The molecule has 24 heavy (non-hydrogen) atoms. The molecule has 0 saturated heterocycles. The van der Waals surface area contributed by atoms with Crippen LogP contribution in [-0.4, -0.2) is 23.1 Å². The van der Waals surface area contributed by atoms with E-state index in [2.05, 4.69) is 10.3 Å². The predicted molar refractivity (Wildman–Crippen MR) is 91.3 cm³/mol. The van der Waals surface area contributed by atoms with Gasteiger partial charge >= 0.3 is 0 Å². The van der Waals surface area contributed by atoms with Gasteiger partial charge < -0.3 is 14.8 Å².